The van der Waals surface area contributed by atoms with E-state index in [2.05, 4.69) is 88.6 Å². The molecular weight excluding hydrogens is 244 g/mol. The summed E-state index contributed by atoms with van der Waals surface area (Å²) >= 11 is 0. The van der Waals surface area contributed by atoms with Crippen molar-refractivity contribution in [3.8, 4) is 0 Å². The van der Waals surface area contributed by atoms with E-state index in [0.717, 1.165) is 6.42 Å². The van der Waals surface area contributed by atoms with Gasteiger partial charge >= 0.3 is 0 Å². The molecule has 0 atom stereocenters. The minimum Gasteiger partial charge on any atom is -0.0986 e. The van der Waals surface area contributed by atoms with Crippen molar-refractivity contribution >= 4 is 14.1 Å². The van der Waals surface area contributed by atoms with Crippen LogP contribution in [0.25, 0.3) is 6.08 Å². The first-order chi connectivity index (χ1) is 8.66. The molecule has 0 aromatic heterocycles. The van der Waals surface area contributed by atoms with Gasteiger partial charge in [0.25, 0.3) is 0 Å². The third-order valence-corrected chi connectivity index (χ3v) is 3.93. The number of hydrogen-bond donors (Lipinski definition) is 0. The minimum absolute atomic E-state index is 0.244. The molecule has 0 spiro atoms. The van der Waals surface area contributed by atoms with Crippen molar-refractivity contribution in [2.24, 2.45) is 5.41 Å². The zero-order chi connectivity index (χ0) is 14.5. The zero-order valence-electron chi connectivity index (χ0n) is 13.3. The van der Waals surface area contributed by atoms with Gasteiger partial charge in [-0.3, -0.25) is 0 Å². The Labute approximate surface area is 120 Å². The van der Waals surface area contributed by atoms with E-state index < -0.39 is 8.07 Å². The summed E-state index contributed by atoms with van der Waals surface area (Å²) in [6.07, 6.45) is 7.87. The maximum atomic E-state index is 2.42. The number of allylic oxidation sites excluding steroid dienone is 2. The maximum absolute atomic E-state index is 2.42. The van der Waals surface area contributed by atoms with Crippen LogP contribution in [0.3, 0.4) is 0 Å². The molecule has 19 heavy (non-hydrogen) atoms. The Kier molecular flexibility index (Phi) is 5.36. The Morgan fingerprint density at radius 3 is 2.37 bits per heavy atom. The summed E-state index contributed by atoms with van der Waals surface area (Å²) in [5.74, 6) is 0. The van der Waals surface area contributed by atoms with Crippen LogP contribution >= 0.6 is 0 Å². The largest absolute Gasteiger partial charge is 0.0986 e. The summed E-state index contributed by atoms with van der Waals surface area (Å²) < 4.78 is 0. The third-order valence-electron chi connectivity index (χ3n) is 2.70. The van der Waals surface area contributed by atoms with E-state index in [0.29, 0.717) is 0 Å². The molecule has 1 rings (SSSR count). The van der Waals surface area contributed by atoms with Gasteiger partial charge in [0.1, 0.15) is 0 Å². The van der Waals surface area contributed by atoms with Gasteiger partial charge in [0.05, 0.1) is 8.07 Å². The van der Waals surface area contributed by atoms with Gasteiger partial charge in [-0.1, -0.05) is 88.6 Å². The van der Waals surface area contributed by atoms with Crippen molar-refractivity contribution in [1.29, 1.82) is 0 Å². The molecule has 104 valence electrons. The molecule has 0 aliphatic heterocycles. The Morgan fingerprint density at radius 1 is 1.11 bits per heavy atom. The lowest BCUT2D eigenvalue weighted by molar-refractivity contribution is 0.547. The minimum atomic E-state index is -1.06. The first-order valence-electron chi connectivity index (χ1n) is 7.12. The molecule has 0 amide bonds. The van der Waals surface area contributed by atoms with E-state index in [-0.39, 0.29) is 5.41 Å². The summed E-state index contributed by atoms with van der Waals surface area (Å²) in [6, 6.07) is 8.83. The van der Waals surface area contributed by atoms with Gasteiger partial charge in [0.15, 0.2) is 0 Å². The molecule has 0 heterocycles. The van der Waals surface area contributed by atoms with Gasteiger partial charge in [-0.15, -0.1) is 0 Å². The molecule has 0 aliphatic carbocycles. The Morgan fingerprint density at radius 2 is 1.79 bits per heavy atom. The van der Waals surface area contributed by atoms with Crippen LogP contribution in [-0.2, 0) is 6.42 Å². The van der Waals surface area contributed by atoms with E-state index in [1.54, 1.807) is 0 Å². The molecule has 1 heteroatoms. The van der Waals surface area contributed by atoms with Gasteiger partial charge in [-0.2, -0.15) is 0 Å². The van der Waals surface area contributed by atoms with Crippen LogP contribution in [0, 0.1) is 5.41 Å². The van der Waals surface area contributed by atoms with Gasteiger partial charge in [-0.25, -0.2) is 0 Å². The average molecular weight is 273 g/mol. The van der Waals surface area contributed by atoms with E-state index >= 15 is 0 Å². The smallest absolute Gasteiger partial charge is 0.0683 e. The molecule has 0 nitrogen and oxygen atoms in total. The first kappa shape index (κ1) is 16.0. The second-order valence-electron chi connectivity index (χ2n) is 7.42. The number of rotatable bonds is 4. The highest BCUT2D eigenvalue weighted by atomic mass is 28.3. The van der Waals surface area contributed by atoms with E-state index in [1.165, 1.54) is 11.1 Å². The molecule has 1 aromatic rings. The lowest BCUT2D eigenvalue weighted by Crippen LogP contribution is -2.15. The molecule has 0 N–H and O–H groups in total. The van der Waals surface area contributed by atoms with Crippen molar-refractivity contribution in [1.82, 2.24) is 0 Å². The van der Waals surface area contributed by atoms with E-state index in [4.69, 9.17) is 0 Å². The Bertz CT molecular complexity index is 453. The van der Waals surface area contributed by atoms with Crippen LogP contribution in [0.5, 0.6) is 0 Å². The second-order valence-corrected chi connectivity index (χ2v) is 12.5. The quantitative estimate of drug-likeness (QED) is 0.615. The number of hydrogen-bond acceptors (Lipinski definition) is 0. The fourth-order valence-electron chi connectivity index (χ4n) is 1.72. The summed E-state index contributed by atoms with van der Waals surface area (Å²) in [7, 11) is -1.06. The maximum Gasteiger partial charge on any atom is 0.0683 e. The molecular formula is C18H28Si. The number of benzene rings is 1. The van der Waals surface area contributed by atoms with Crippen molar-refractivity contribution in [3.63, 3.8) is 0 Å². The SMILES string of the molecule is CC(C)(C)/C=C/c1cccc(C/C=C/[Si](C)(C)C)c1. The van der Waals surface area contributed by atoms with Gasteiger partial charge in [0, 0.05) is 0 Å². The van der Waals surface area contributed by atoms with E-state index in [1.807, 2.05) is 0 Å². The third kappa shape index (κ3) is 7.84. The van der Waals surface area contributed by atoms with Crippen LogP contribution in [0.4, 0.5) is 0 Å². The topological polar surface area (TPSA) is 0 Å². The molecule has 0 unspecified atom stereocenters. The van der Waals surface area contributed by atoms with E-state index in [9.17, 15) is 0 Å². The molecule has 0 saturated carbocycles. The summed E-state index contributed by atoms with van der Waals surface area (Å²) in [5, 5.41) is 0. The van der Waals surface area contributed by atoms with Crippen molar-refractivity contribution in [3.05, 3.63) is 53.2 Å². The fraction of sp³-hybridized carbons (Fsp3) is 0.444. The monoisotopic (exact) mass is 272 g/mol. The van der Waals surface area contributed by atoms with Crippen LogP contribution in [0.15, 0.2) is 42.1 Å². The van der Waals surface area contributed by atoms with Gasteiger partial charge < -0.3 is 0 Å². The van der Waals surface area contributed by atoms with Crippen molar-refractivity contribution in [2.75, 3.05) is 0 Å². The highest BCUT2D eigenvalue weighted by Gasteiger charge is 2.06. The molecule has 1 aromatic carbocycles. The molecule has 0 radical (unpaired) electrons. The zero-order valence-corrected chi connectivity index (χ0v) is 14.3. The average Bonchev–Trinajstić information content (AvgIpc) is 2.24. The van der Waals surface area contributed by atoms with Crippen LogP contribution in [0.1, 0.15) is 31.9 Å². The molecule has 0 fully saturated rings. The summed E-state index contributed by atoms with van der Waals surface area (Å²) in [5.41, 5.74) is 5.36. The Hall–Kier alpha value is -1.08. The van der Waals surface area contributed by atoms with Gasteiger partial charge in [-0.05, 0) is 23.0 Å². The second kappa shape index (κ2) is 6.38. The fourth-order valence-corrected chi connectivity index (χ4v) is 2.54. The highest BCUT2D eigenvalue weighted by molar-refractivity contribution is 6.80. The lowest BCUT2D eigenvalue weighted by Gasteiger charge is -2.11. The molecule has 0 aliphatic rings. The van der Waals surface area contributed by atoms with Crippen LogP contribution < -0.4 is 0 Å². The predicted octanol–water partition coefficient (Wildman–Crippen LogP) is 5.72. The first-order valence-corrected chi connectivity index (χ1v) is 10.7. The highest BCUT2D eigenvalue weighted by Crippen LogP contribution is 2.18. The van der Waals surface area contributed by atoms with Crippen LogP contribution in [0.2, 0.25) is 19.6 Å². The summed E-state index contributed by atoms with van der Waals surface area (Å²) in [6.45, 7) is 13.8. The normalized spacial score (nSPS) is 13.6. The van der Waals surface area contributed by atoms with Crippen molar-refractivity contribution in [2.45, 2.75) is 46.8 Å². The Balaban J connectivity index is 2.73. The summed E-state index contributed by atoms with van der Waals surface area (Å²) in [4.78, 5) is 0. The van der Waals surface area contributed by atoms with Crippen molar-refractivity contribution < 1.29 is 0 Å². The molecule has 0 saturated heterocycles. The van der Waals surface area contributed by atoms with Gasteiger partial charge in [0.2, 0.25) is 0 Å². The molecule has 0 bridgehead atoms. The standard InChI is InChI=1S/C18H28Si/c1-18(2,3)13-12-17-10-7-9-16(15-17)11-8-14-19(4,5)6/h7-10,12-15H,11H2,1-6H3/b13-12+,14-8+. The predicted molar refractivity (Wildman–Crippen MR) is 91.1 cm³/mol. The lowest BCUT2D eigenvalue weighted by atomic mass is 9.95. The van der Waals surface area contributed by atoms with Crippen LogP contribution in [-0.4, -0.2) is 8.07 Å².